The maximum atomic E-state index is 13.9. The van der Waals surface area contributed by atoms with E-state index in [9.17, 15) is 26.7 Å². The van der Waals surface area contributed by atoms with Crippen LogP contribution in [0, 0.1) is 18.2 Å². The van der Waals surface area contributed by atoms with Crippen molar-refractivity contribution >= 4 is 17.3 Å². The summed E-state index contributed by atoms with van der Waals surface area (Å²) in [5.41, 5.74) is -1.35. The van der Waals surface area contributed by atoms with Crippen molar-refractivity contribution in [3.8, 4) is 11.5 Å². The smallest absolute Gasteiger partial charge is 0.416 e. The SMILES string of the molecule is [C-]#[N+]c1ccc2c(c1)N(Cc1c(Oc3cc(F)cc(F)c3)cccc1C(F)(F)F)C(=O)C2(C)C. The van der Waals surface area contributed by atoms with Crippen LogP contribution in [0.2, 0.25) is 0 Å². The molecule has 0 unspecified atom stereocenters. The highest BCUT2D eigenvalue weighted by molar-refractivity contribution is 6.08. The van der Waals surface area contributed by atoms with E-state index in [0.29, 0.717) is 17.3 Å². The Hall–Kier alpha value is -3.93. The fourth-order valence-electron chi connectivity index (χ4n) is 4.02. The standard InChI is InChI=1S/C25H17F5N2O2/c1-24(2)20-8-7-16(31-3)12-21(20)32(23(24)33)13-18-19(25(28,29)30)5-4-6-22(18)34-17-10-14(26)9-15(27)11-17/h4-12H,13H2,1-2H3. The van der Waals surface area contributed by atoms with Gasteiger partial charge in [-0.1, -0.05) is 18.2 Å². The number of amides is 1. The third-order valence-corrected chi connectivity index (χ3v) is 5.67. The molecule has 0 bridgehead atoms. The number of rotatable bonds is 4. The van der Waals surface area contributed by atoms with Gasteiger partial charge in [-0.2, -0.15) is 13.2 Å². The summed E-state index contributed by atoms with van der Waals surface area (Å²) in [5.74, 6) is -3.01. The van der Waals surface area contributed by atoms with Gasteiger partial charge in [-0.3, -0.25) is 4.79 Å². The fourth-order valence-corrected chi connectivity index (χ4v) is 4.02. The van der Waals surface area contributed by atoms with E-state index in [1.54, 1.807) is 26.0 Å². The summed E-state index contributed by atoms with van der Waals surface area (Å²) in [4.78, 5) is 17.8. The number of carbonyl (C=O) groups excluding carboxylic acids is 1. The molecule has 1 aliphatic heterocycles. The number of halogens is 5. The van der Waals surface area contributed by atoms with Crippen LogP contribution in [0.4, 0.5) is 33.3 Å². The van der Waals surface area contributed by atoms with Gasteiger partial charge < -0.3 is 9.64 Å². The van der Waals surface area contributed by atoms with Crippen LogP contribution in [0.5, 0.6) is 11.5 Å². The lowest BCUT2D eigenvalue weighted by atomic mass is 9.86. The van der Waals surface area contributed by atoms with Gasteiger partial charge in [-0.25, -0.2) is 13.6 Å². The molecule has 0 spiro atoms. The Balaban J connectivity index is 1.84. The van der Waals surface area contributed by atoms with E-state index >= 15 is 0 Å². The van der Waals surface area contributed by atoms with Crippen LogP contribution in [0.25, 0.3) is 4.85 Å². The second kappa shape index (κ2) is 8.13. The summed E-state index contributed by atoms with van der Waals surface area (Å²) in [6.45, 7) is 10.0. The summed E-state index contributed by atoms with van der Waals surface area (Å²) in [6.07, 6.45) is -4.79. The van der Waals surface area contributed by atoms with E-state index in [4.69, 9.17) is 11.3 Å². The molecule has 1 aliphatic rings. The van der Waals surface area contributed by atoms with E-state index in [1.165, 1.54) is 17.0 Å². The number of anilines is 1. The molecule has 0 N–H and O–H groups in total. The van der Waals surface area contributed by atoms with Crippen LogP contribution >= 0.6 is 0 Å². The first-order chi connectivity index (χ1) is 15.9. The molecule has 1 amide bonds. The monoisotopic (exact) mass is 472 g/mol. The number of hydrogen-bond donors (Lipinski definition) is 0. The number of fused-ring (bicyclic) bond motifs is 1. The van der Waals surface area contributed by atoms with Crippen molar-refractivity contribution in [3.63, 3.8) is 0 Å². The predicted octanol–water partition coefficient (Wildman–Crippen LogP) is 7.15. The quantitative estimate of drug-likeness (QED) is 0.299. The van der Waals surface area contributed by atoms with Gasteiger partial charge in [0.15, 0.2) is 5.69 Å². The van der Waals surface area contributed by atoms with E-state index in [1.807, 2.05) is 0 Å². The Morgan fingerprint density at radius 1 is 1.03 bits per heavy atom. The topological polar surface area (TPSA) is 33.9 Å². The number of hydrogen-bond acceptors (Lipinski definition) is 2. The zero-order valence-electron chi connectivity index (χ0n) is 18.0. The first-order valence-electron chi connectivity index (χ1n) is 10.1. The Bertz CT molecular complexity index is 1320. The lowest BCUT2D eigenvalue weighted by molar-refractivity contribution is -0.138. The normalized spacial score (nSPS) is 14.6. The van der Waals surface area contributed by atoms with Gasteiger partial charge in [-0.05, 0) is 37.6 Å². The van der Waals surface area contributed by atoms with Gasteiger partial charge in [0, 0.05) is 29.4 Å². The van der Waals surface area contributed by atoms with Crippen molar-refractivity contribution in [1.29, 1.82) is 0 Å². The van der Waals surface area contributed by atoms with Crippen LogP contribution in [-0.4, -0.2) is 5.91 Å². The molecule has 34 heavy (non-hydrogen) atoms. The molecule has 4 nitrogen and oxygen atoms in total. The highest BCUT2D eigenvalue weighted by Crippen LogP contribution is 2.46. The van der Waals surface area contributed by atoms with Gasteiger partial charge >= 0.3 is 6.18 Å². The van der Waals surface area contributed by atoms with Crippen LogP contribution in [-0.2, 0) is 22.9 Å². The molecule has 3 aromatic rings. The van der Waals surface area contributed by atoms with Gasteiger partial charge in [0.05, 0.1) is 24.1 Å². The Kier molecular flexibility index (Phi) is 5.56. The van der Waals surface area contributed by atoms with Crippen molar-refractivity contribution in [2.45, 2.75) is 32.0 Å². The number of alkyl halides is 3. The van der Waals surface area contributed by atoms with Gasteiger partial charge in [-0.15, -0.1) is 0 Å². The second-order valence-electron chi connectivity index (χ2n) is 8.32. The summed E-state index contributed by atoms with van der Waals surface area (Å²) >= 11 is 0. The van der Waals surface area contributed by atoms with E-state index < -0.39 is 41.2 Å². The van der Waals surface area contributed by atoms with E-state index in [0.717, 1.165) is 24.3 Å². The molecule has 0 fully saturated rings. The average molecular weight is 472 g/mol. The number of carbonyl (C=O) groups is 1. The third-order valence-electron chi connectivity index (χ3n) is 5.67. The summed E-state index contributed by atoms with van der Waals surface area (Å²) in [5, 5.41) is 0. The van der Waals surface area contributed by atoms with Crippen LogP contribution < -0.4 is 9.64 Å². The first-order valence-corrected chi connectivity index (χ1v) is 10.1. The molecule has 1 heterocycles. The molecule has 3 aromatic carbocycles. The molecular weight excluding hydrogens is 455 g/mol. The van der Waals surface area contributed by atoms with Crippen LogP contribution in [0.15, 0.2) is 54.6 Å². The van der Waals surface area contributed by atoms with Gasteiger partial charge in [0.2, 0.25) is 5.91 Å². The molecule has 174 valence electrons. The summed E-state index contributed by atoms with van der Waals surface area (Å²) < 4.78 is 74.5. The molecular formula is C25H17F5N2O2. The minimum absolute atomic E-state index is 0.227. The van der Waals surface area contributed by atoms with Crippen molar-refractivity contribution in [2.75, 3.05) is 4.90 Å². The van der Waals surface area contributed by atoms with Crippen molar-refractivity contribution in [1.82, 2.24) is 0 Å². The van der Waals surface area contributed by atoms with E-state index in [-0.39, 0.29) is 22.7 Å². The molecule has 9 heteroatoms. The summed E-state index contributed by atoms with van der Waals surface area (Å²) in [6, 6.07) is 10.1. The Labute approximate surface area is 192 Å². The predicted molar refractivity (Wildman–Crippen MR) is 115 cm³/mol. The third kappa shape index (κ3) is 4.07. The maximum absolute atomic E-state index is 13.9. The second-order valence-corrected chi connectivity index (χ2v) is 8.32. The molecule has 0 saturated heterocycles. The average Bonchev–Trinajstić information content (AvgIpc) is 2.93. The van der Waals surface area contributed by atoms with Crippen molar-refractivity contribution < 1.29 is 31.5 Å². The van der Waals surface area contributed by atoms with E-state index in [2.05, 4.69) is 4.85 Å². The Morgan fingerprint density at radius 2 is 1.71 bits per heavy atom. The fraction of sp³-hybridized carbons (Fsp3) is 0.200. The minimum atomic E-state index is -4.79. The maximum Gasteiger partial charge on any atom is 0.416 e. The highest BCUT2D eigenvalue weighted by atomic mass is 19.4. The van der Waals surface area contributed by atoms with Crippen LogP contribution in [0.1, 0.15) is 30.5 Å². The lowest BCUT2D eigenvalue weighted by Crippen LogP contribution is -2.36. The molecule has 0 saturated carbocycles. The minimum Gasteiger partial charge on any atom is -0.457 e. The van der Waals surface area contributed by atoms with Gasteiger partial charge in [0.25, 0.3) is 0 Å². The zero-order chi connectivity index (χ0) is 24.8. The molecule has 0 atom stereocenters. The molecule has 0 aliphatic carbocycles. The van der Waals surface area contributed by atoms with Crippen molar-refractivity contribution in [2.24, 2.45) is 0 Å². The largest absolute Gasteiger partial charge is 0.457 e. The molecule has 0 aromatic heterocycles. The highest BCUT2D eigenvalue weighted by Gasteiger charge is 2.45. The van der Waals surface area contributed by atoms with Gasteiger partial charge in [0.1, 0.15) is 23.1 Å². The van der Waals surface area contributed by atoms with Crippen LogP contribution in [0.3, 0.4) is 0 Å². The molecule has 4 rings (SSSR count). The number of benzene rings is 3. The zero-order valence-corrected chi connectivity index (χ0v) is 18.0. The van der Waals surface area contributed by atoms with Crippen molar-refractivity contribution in [3.05, 3.63) is 94.3 Å². The molecule has 0 radical (unpaired) electrons. The number of ether oxygens (including phenoxy) is 1. The Morgan fingerprint density at radius 3 is 2.32 bits per heavy atom. The first kappa shape index (κ1) is 23.2. The number of nitrogens with zero attached hydrogens (tertiary/aromatic N) is 2. The summed E-state index contributed by atoms with van der Waals surface area (Å²) in [7, 11) is 0. The lowest BCUT2D eigenvalue weighted by Gasteiger charge is -2.24.